The monoisotopic (exact) mass is 548 g/mol. The summed E-state index contributed by atoms with van der Waals surface area (Å²) < 4.78 is 7.02. The van der Waals surface area contributed by atoms with Crippen LogP contribution in [0.2, 0.25) is 5.02 Å². The Balaban J connectivity index is 1.79. The Morgan fingerprint density at radius 3 is 2.52 bits per heavy atom. The number of carbonyl (C=O) groups is 1. The number of rotatable bonds is 8. The number of hydrogen-bond donors (Lipinski definition) is 1. The van der Waals surface area contributed by atoms with Crippen LogP contribution in [-0.4, -0.2) is 22.5 Å². The molecule has 3 aromatic rings. The van der Waals surface area contributed by atoms with E-state index in [2.05, 4.69) is 57.2 Å². The van der Waals surface area contributed by atoms with Crippen molar-refractivity contribution < 1.29 is 9.53 Å². The van der Waals surface area contributed by atoms with Crippen LogP contribution < -0.4 is 10.1 Å². The summed E-state index contributed by atoms with van der Waals surface area (Å²) in [5.74, 6) is 0.327. The maximum atomic E-state index is 13.1. The normalized spacial score (nSPS) is 13.3. The molecule has 1 aromatic heterocycles. The Kier molecular flexibility index (Phi) is 7.94. The number of nitrogens with one attached hydrogen (secondary N) is 1. The van der Waals surface area contributed by atoms with E-state index in [0.29, 0.717) is 10.9 Å². The number of halogens is 2. The molecule has 0 fully saturated rings. The van der Waals surface area contributed by atoms with E-state index in [4.69, 9.17) is 16.3 Å². The lowest BCUT2D eigenvalue weighted by Crippen LogP contribution is -2.51. The second-order valence-corrected chi connectivity index (χ2v) is 9.72. The summed E-state index contributed by atoms with van der Waals surface area (Å²) in [6, 6.07) is 21.5. The summed E-state index contributed by atoms with van der Waals surface area (Å²) in [4.78, 5) is 17.3. The molecule has 0 aliphatic heterocycles. The fraction of sp³-hybridized carbons (Fsp3) is 0.280. The first-order valence-corrected chi connectivity index (χ1v) is 11.6. The van der Waals surface area contributed by atoms with E-state index in [1.54, 1.807) is 26.1 Å². The van der Waals surface area contributed by atoms with Crippen LogP contribution in [0.3, 0.4) is 0 Å². The molecule has 0 spiro atoms. The predicted octanol–water partition coefficient (Wildman–Crippen LogP) is 6.03. The SMILES string of the molecule is CC(NC(=O)C(C)(C)Oc1ccccn1)C(Cc1ccc(Cl)cc1)c1cccc(I)c1. The highest BCUT2D eigenvalue weighted by Crippen LogP contribution is 2.27. The number of aromatic nitrogens is 1. The Morgan fingerprint density at radius 2 is 1.87 bits per heavy atom. The van der Waals surface area contributed by atoms with Crippen molar-refractivity contribution >= 4 is 40.1 Å². The van der Waals surface area contributed by atoms with E-state index in [1.165, 1.54) is 11.1 Å². The fourth-order valence-corrected chi connectivity index (χ4v) is 4.08. The smallest absolute Gasteiger partial charge is 0.263 e. The standard InChI is InChI=1S/C25H26ClIN2O2/c1-17(29-24(30)25(2,3)31-23-9-4-5-14-28-23)22(19-7-6-8-21(27)16-19)15-18-10-12-20(26)13-11-18/h4-14,16-17,22H,15H2,1-3H3,(H,29,30). The molecular weight excluding hydrogens is 523 g/mol. The molecule has 1 amide bonds. The zero-order chi connectivity index (χ0) is 22.4. The first-order chi connectivity index (χ1) is 14.7. The number of hydrogen-bond acceptors (Lipinski definition) is 3. The molecule has 0 saturated heterocycles. The second kappa shape index (κ2) is 10.5. The summed E-state index contributed by atoms with van der Waals surface area (Å²) in [6.45, 7) is 5.54. The van der Waals surface area contributed by atoms with Crippen LogP contribution in [-0.2, 0) is 11.2 Å². The van der Waals surface area contributed by atoms with E-state index >= 15 is 0 Å². The summed E-state index contributed by atoms with van der Waals surface area (Å²) in [7, 11) is 0. The lowest BCUT2D eigenvalue weighted by molar-refractivity contribution is -0.135. The lowest BCUT2D eigenvalue weighted by Gasteiger charge is -2.30. The molecule has 2 unspecified atom stereocenters. The van der Waals surface area contributed by atoms with Crippen LogP contribution in [0.4, 0.5) is 0 Å². The van der Waals surface area contributed by atoms with E-state index in [0.717, 1.165) is 9.99 Å². The van der Waals surface area contributed by atoms with Crippen LogP contribution >= 0.6 is 34.2 Å². The largest absolute Gasteiger partial charge is 0.462 e. The molecule has 162 valence electrons. The minimum Gasteiger partial charge on any atom is -0.462 e. The van der Waals surface area contributed by atoms with Gasteiger partial charge in [0.25, 0.3) is 5.91 Å². The quantitative estimate of drug-likeness (QED) is 0.350. The van der Waals surface area contributed by atoms with Crippen molar-refractivity contribution in [2.45, 2.75) is 44.8 Å². The Morgan fingerprint density at radius 1 is 1.13 bits per heavy atom. The topological polar surface area (TPSA) is 51.2 Å². The van der Waals surface area contributed by atoms with Crippen molar-refractivity contribution in [3.05, 3.63) is 92.6 Å². The molecule has 0 aliphatic carbocycles. The summed E-state index contributed by atoms with van der Waals surface area (Å²) in [5, 5.41) is 3.88. The molecule has 0 aliphatic rings. The second-order valence-electron chi connectivity index (χ2n) is 8.03. The third-order valence-corrected chi connectivity index (χ3v) is 6.08. The number of ether oxygens (including phenoxy) is 1. The van der Waals surface area contributed by atoms with E-state index in [1.807, 2.05) is 43.3 Å². The predicted molar refractivity (Wildman–Crippen MR) is 134 cm³/mol. The van der Waals surface area contributed by atoms with Gasteiger partial charge in [0.05, 0.1) is 0 Å². The van der Waals surface area contributed by atoms with Crippen LogP contribution in [0, 0.1) is 3.57 Å². The van der Waals surface area contributed by atoms with Crippen LogP contribution in [0.15, 0.2) is 72.9 Å². The Hall–Kier alpha value is -2.12. The maximum Gasteiger partial charge on any atom is 0.263 e. The third-order valence-electron chi connectivity index (χ3n) is 5.15. The first kappa shape index (κ1) is 23.5. The summed E-state index contributed by atoms with van der Waals surface area (Å²) >= 11 is 8.37. The van der Waals surface area contributed by atoms with Crippen molar-refractivity contribution in [1.82, 2.24) is 10.3 Å². The highest BCUT2D eigenvalue weighted by Gasteiger charge is 2.33. The molecule has 2 atom stereocenters. The van der Waals surface area contributed by atoms with Crippen molar-refractivity contribution in [1.29, 1.82) is 0 Å². The molecule has 0 radical (unpaired) electrons. The number of nitrogens with zero attached hydrogens (tertiary/aromatic N) is 1. The molecule has 0 bridgehead atoms. The van der Waals surface area contributed by atoms with Gasteiger partial charge in [-0.25, -0.2) is 4.98 Å². The van der Waals surface area contributed by atoms with Gasteiger partial charge in [-0.2, -0.15) is 0 Å². The van der Waals surface area contributed by atoms with E-state index in [-0.39, 0.29) is 17.9 Å². The van der Waals surface area contributed by atoms with Crippen LogP contribution in [0.1, 0.15) is 37.8 Å². The average Bonchev–Trinajstić information content (AvgIpc) is 2.73. The third kappa shape index (κ3) is 6.68. The van der Waals surface area contributed by atoms with Gasteiger partial charge in [-0.05, 0) is 91.2 Å². The number of amides is 1. The zero-order valence-electron chi connectivity index (χ0n) is 17.8. The van der Waals surface area contributed by atoms with Crippen molar-refractivity contribution in [2.24, 2.45) is 0 Å². The van der Waals surface area contributed by atoms with Gasteiger partial charge in [0.2, 0.25) is 5.88 Å². The molecular formula is C25H26ClIN2O2. The lowest BCUT2D eigenvalue weighted by atomic mass is 9.86. The average molecular weight is 549 g/mol. The molecule has 0 saturated carbocycles. The number of pyridine rings is 1. The van der Waals surface area contributed by atoms with Crippen LogP contribution in [0.5, 0.6) is 5.88 Å². The molecule has 1 N–H and O–H groups in total. The van der Waals surface area contributed by atoms with Gasteiger partial charge in [-0.3, -0.25) is 4.79 Å². The highest BCUT2D eigenvalue weighted by molar-refractivity contribution is 14.1. The van der Waals surface area contributed by atoms with Crippen molar-refractivity contribution in [3.63, 3.8) is 0 Å². The summed E-state index contributed by atoms with van der Waals surface area (Å²) in [5.41, 5.74) is 1.29. The number of benzene rings is 2. The molecule has 1 heterocycles. The fourth-order valence-electron chi connectivity index (χ4n) is 3.39. The van der Waals surface area contributed by atoms with Gasteiger partial charge in [0, 0.05) is 32.8 Å². The van der Waals surface area contributed by atoms with Gasteiger partial charge < -0.3 is 10.1 Å². The van der Waals surface area contributed by atoms with Gasteiger partial charge in [-0.1, -0.05) is 41.9 Å². The minimum absolute atomic E-state index is 0.0884. The molecule has 6 heteroatoms. The van der Waals surface area contributed by atoms with Crippen LogP contribution in [0.25, 0.3) is 0 Å². The molecule has 3 rings (SSSR count). The summed E-state index contributed by atoms with van der Waals surface area (Å²) in [6.07, 6.45) is 2.42. The molecule has 31 heavy (non-hydrogen) atoms. The van der Waals surface area contributed by atoms with Gasteiger partial charge in [0.1, 0.15) is 0 Å². The van der Waals surface area contributed by atoms with Gasteiger partial charge in [-0.15, -0.1) is 0 Å². The van der Waals surface area contributed by atoms with E-state index < -0.39 is 5.60 Å². The number of carbonyl (C=O) groups excluding carboxylic acids is 1. The zero-order valence-corrected chi connectivity index (χ0v) is 20.7. The van der Waals surface area contributed by atoms with E-state index in [9.17, 15) is 4.79 Å². The van der Waals surface area contributed by atoms with Gasteiger partial charge >= 0.3 is 0 Å². The Bertz CT molecular complexity index is 1010. The van der Waals surface area contributed by atoms with Crippen molar-refractivity contribution in [2.75, 3.05) is 0 Å². The van der Waals surface area contributed by atoms with Gasteiger partial charge in [0.15, 0.2) is 5.60 Å². The Labute approximate surface area is 202 Å². The minimum atomic E-state index is -1.06. The molecule has 2 aromatic carbocycles. The first-order valence-electron chi connectivity index (χ1n) is 10.2. The molecule has 4 nitrogen and oxygen atoms in total. The highest BCUT2D eigenvalue weighted by atomic mass is 127. The maximum absolute atomic E-state index is 13.1. The van der Waals surface area contributed by atoms with Crippen molar-refractivity contribution in [3.8, 4) is 5.88 Å².